The predicted octanol–water partition coefficient (Wildman–Crippen LogP) is 2.26. The smallest absolute Gasteiger partial charge is 0.340 e. The van der Waals surface area contributed by atoms with Gasteiger partial charge < -0.3 is 24.8 Å². The van der Waals surface area contributed by atoms with Crippen molar-refractivity contribution in [2.24, 2.45) is 0 Å². The summed E-state index contributed by atoms with van der Waals surface area (Å²) in [4.78, 5) is 24.0. The second-order valence-electron chi connectivity index (χ2n) is 5.66. The summed E-state index contributed by atoms with van der Waals surface area (Å²) in [6.07, 6.45) is 0.614. The molecule has 0 aromatic heterocycles. The van der Waals surface area contributed by atoms with Crippen molar-refractivity contribution in [3.8, 4) is 11.5 Å². The third kappa shape index (κ3) is 5.64. The summed E-state index contributed by atoms with van der Waals surface area (Å²) in [5, 5.41) is 5.64. The van der Waals surface area contributed by atoms with Crippen LogP contribution >= 0.6 is 0 Å². The Bertz CT molecular complexity index is 792. The fourth-order valence-electron chi connectivity index (χ4n) is 2.52. The Morgan fingerprint density at radius 1 is 1.00 bits per heavy atom. The third-order valence-electron chi connectivity index (χ3n) is 3.93. The summed E-state index contributed by atoms with van der Waals surface area (Å²) >= 11 is 0. The summed E-state index contributed by atoms with van der Waals surface area (Å²) < 4.78 is 15.5. The maximum absolute atomic E-state index is 12.1. The Hall–Kier alpha value is -3.22. The molecule has 0 unspecified atom stereocenters. The Morgan fingerprint density at radius 3 is 2.44 bits per heavy atom. The minimum absolute atomic E-state index is 0.331. The van der Waals surface area contributed by atoms with Crippen molar-refractivity contribution < 1.29 is 23.8 Å². The van der Waals surface area contributed by atoms with E-state index in [0.29, 0.717) is 35.7 Å². The molecule has 0 heterocycles. The van der Waals surface area contributed by atoms with Gasteiger partial charge >= 0.3 is 5.97 Å². The van der Waals surface area contributed by atoms with E-state index >= 15 is 0 Å². The molecular weight excluding hydrogens is 348 g/mol. The largest absolute Gasteiger partial charge is 0.493 e. The lowest BCUT2D eigenvalue weighted by atomic mass is 10.1. The molecule has 0 bridgehead atoms. The van der Waals surface area contributed by atoms with E-state index in [-0.39, 0.29) is 12.5 Å². The van der Waals surface area contributed by atoms with Gasteiger partial charge in [-0.1, -0.05) is 18.2 Å². The molecule has 0 fully saturated rings. The lowest BCUT2D eigenvalue weighted by Crippen LogP contribution is -2.30. The maximum Gasteiger partial charge on any atom is 0.340 e. The zero-order valence-corrected chi connectivity index (χ0v) is 15.7. The number of benzene rings is 2. The van der Waals surface area contributed by atoms with E-state index in [0.717, 1.165) is 5.56 Å². The van der Waals surface area contributed by atoms with Crippen molar-refractivity contribution in [1.29, 1.82) is 0 Å². The van der Waals surface area contributed by atoms with Gasteiger partial charge in [-0.15, -0.1) is 0 Å². The van der Waals surface area contributed by atoms with Crippen molar-refractivity contribution in [2.75, 3.05) is 39.7 Å². The Balaban J connectivity index is 1.79. The molecule has 0 saturated carbocycles. The Morgan fingerprint density at radius 2 is 1.74 bits per heavy atom. The van der Waals surface area contributed by atoms with Crippen LogP contribution in [-0.4, -0.2) is 46.3 Å². The highest BCUT2D eigenvalue weighted by Gasteiger charge is 2.13. The molecule has 0 aliphatic rings. The summed E-state index contributed by atoms with van der Waals surface area (Å²) in [5.74, 6) is 0.387. The molecular formula is C20H24N2O5. The first-order chi connectivity index (χ1) is 13.1. The van der Waals surface area contributed by atoms with Crippen LogP contribution < -0.4 is 20.1 Å². The van der Waals surface area contributed by atoms with E-state index in [1.807, 2.05) is 24.3 Å². The van der Waals surface area contributed by atoms with Crippen LogP contribution in [0.2, 0.25) is 0 Å². The molecule has 2 aromatic rings. The Kier molecular flexibility index (Phi) is 7.49. The topological polar surface area (TPSA) is 85.9 Å². The quantitative estimate of drug-likeness (QED) is 0.657. The monoisotopic (exact) mass is 372 g/mol. The molecule has 7 nitrogen and oxygen atoms in total. The van der Waals surface area contributed by atoms with E-state index in [1.54, 1.807) is 39.5 Å². The number of methoxy groups -OCH3 is 2. The first-order valence-electron chi connectivity index (χ1n) is 8.50. The van der Waals surface area contributed by atoms with Crippen molar-refractivity contribution >= 4 is 17.6 Å². The molecule has 0 aliphatic heterocycles. The standard InChI is InChI=1S/C20H24N2O5/c1-21-16-7-5-4-6-15(16)20(24)27-13-19(23)22-11-10-14-8-9-17(25-2)18(12-14)26-3/h4-9,12,21H,10-11,13H2,1-3H3,(H,22,23). The molecule has 27 heavy (non-hydrogen) atoms. The first-order valence-corrected chi connectivity index (χ1v) is 8.50. The molecule has 2 N–H and O–H groups in total. The second-order valence-corrected chi connectivity index (χ2v) is 5.66. The van der Waals surface area contributed by atoms with Gasteiger partial charge in [-0.3, -0.25) is 4.79 Å². The second kappa shape index (κ2) is 10.1. The average Bonchev–Trinajstić information content (AvgIpc) is 2.71. The van der Waals surface area contributed by atoms with E-state index in [4.69, 9.17) is 14.2 Å². The summed E-state index contributed by atoms with van der Waals surface area (Å²) in [5.41, 5.74) is 2.03. The highest BCUT2D eigenvalue weighted by Crippen LogP contribution is 2.27. The van der Waals surface area contributed by atoms with Gasteiger partial charge in [0, 0.05) is 19.3 Å². The van der Waals surface area contributed by atoms with E-state index in [1.165, 1.54) is 0 Å². The fraction of sp³-hybridized carbons (Fsp3) is 0.300. The van der Waals surface area contributed by atoms with Crippen LogP contribution in [0.3, 0.4) is 0 Å². The van der Waals surface area contributed by atoms with Crippen LogP contribution in [-0.2, 0) is 16.0 Å². The van der Waals surface area contributed by atoms with Crippen LogP contribution in [0.4, 0.5) is 5.69 Å². The number of rotatable bonds is 9. The molecule has 0 aliphatic carbocycles. The number of carbonyl (C=O) groups is 2. The third-order valence-corrected chi connectivity index (χ3v) is 3.93. The van der Waals surface area contributed by atoms with Crippen LogP contribution in [0.15, 0.2) is 42.5 Å². The number of anilines is 1. The van der Waals surface area contributed by atoms with Crippen LogP contribution in [0, 0.1) is 0 Å². The van der Waals surface area contributed by atoms with Crippen molar-refractivity contribution in [1.82, 2.24) is 5.32 Å². The van der Waals surface area contributed by atoms with E-state index in [2.05, 4.69) is 10.6 Å². The molecule has 2 aromatic carbocycles. The number of hydrogen-bond donors (Lipinski definition) is 2. The van der Waals surface area contributed by atoms with Gasteiger partial charge in [0.05, 0.1) is 19.8 Å². The highest BCUT2D eigenvalue weighted by molar-refractivity contribution is 5.96. The van der Waals surface area contributed by atoms with Gasteiger partial charge in [-0.25, -0.2) is 4.79 Å². The van der Waals surface area contributed by atoms with Crippen LogP contribution in [0.5, 0.6) is 11.5 Å². The molecule has 7 heteroatoms. The van der Waals surface area contributed by atoms with Gasteiger partial charge in [0.15, 0.2) is 18.1 Å². The van der Waals surface area contributed by atoms with Crippen LogP contribution in [0.1, 0.15) is 15.9 Å². The number of ether oxygens (including phenoxy) is 3. The SMILES string of the molecule is CNc1ccccc1C(=O)OCC(=O)NCCc1ccc(OC)c(OC)c1. The maximum atomic E-state index is 12.1. The number of hydrogen-bond acceptors (Lipinski definition) is 6. The lowest BCUT2D eigenvalue weighted by molar-refractivity contribution is -0.124. The molecule has 0 spiro atoms. The van der Waals surface area contributed by atoms with Crippen molar-refractivity contribution in [3.05, 3.63) is 53.6 Å². The van der Waals surface area contributed by atoms with Gasteiger partial charge in [0.2, 0.25) is 0 Å². The molecule has 2 rings (SSSR count). The number of esters is 1. The molecule has 1 amide bonds. The first kappa shape index (κ1) is 20.1. The lowest BCUT2D eigenvalue weighted by Gasteiger charge is -2.11. The summed E-state index contributed by atoms with van der Waals surface area (Å²) in [6.45, 7) is 0.0851. The normalized spacial score (nSPS) is 10.0. The minimum Gasteiger partial charge on any atom is -0.493 e. The minimum atomic E-state index is -0.546. The van der Waals surface area contributed by atoms with Gasteiger partial charge in [0.1, 0.15) is 0 Å². The average molecular weight is 372 g/mol. The van der Waals surface area contributed by atoms with Gasteiger partial charge in [-0.05, 0) is 36.2 Å². The fourth-order valence-corrected chi connectivity index (χ4v) is 2.52. The number of nitrogens with one attached hydrogen (secondary N) is 2. The predicted molar refractivity (Wildman–Crippen MR) is 103 cm³/mol. The van der Waals surface area contributed by atoms with Crippen molar-refractivity contribution in [2.45, 2.75) is 6.42 Å². The zero-order chi connectivity index (χ0) is 19.6. The number of para-hydroxylation sites is 1. The molecule has 0 saturated heterocycles. The van der Waals surface area contributed by atoms with Crippen LogP contribution in [0.25, 0.3) is 0 Å². The highest BCUT2D eigenvalue weighted by atomic mass is 16.5. The van der Waals surface area contributed by atoms with Gasteiger partial charge in [0.25, 0.3) is 5.91 Å². The van der Waals surface area contributed by atoms with E-state index in [9.17, 15) is 9.59 Å². The zero-order valence-electron chi connectivity index (χ0n) is 15.7. The summed E-state index contributed by atoms with van der Waals surface area (Å²) in [7, 11) is 4.87. The summed E-state index contributed by atoms with van der Waals surface area (Å²) in [6, 6.07) is 12.5. The molecule has 0 atom stereocenters. The number of amides is 1. The molecule has 0 radical (unpaired) electrons. The van der Waals surface area contributed by atoms with E-state index < -0.39 is 5.97 Å². The van der Waals surface area contributed by atoms with Gasteiger partial charge in [-0.2, -0.15) is 0 Å². The van der Waals surface area contributed by atoms with Crippen molar-refractivity contribution in [3.63, 3.8) is 0 Å². The Labute approximate surface area is 158 Å². The molecule has 144 valence electrons. The number of carbonyl (C=O) groups excluding carboxylic acids is 2.